The van der Waals surface area contributed by atoms with E-state index in [1.54, 1.807) is 20.1 Å². The van der Waals surface area contributed by atoms with E-state index in [1.165, 1.54) is 0 Å². The van der Waals surface area contributed by atoms with Gasteiger partial charge < -0.3 is 19.5 Å². The molecule has 5 nitrogen and oxygen atoms in total. The van der Waals surface area contributed by atoms with Crippen molar-refractivity contribution in [2.45, 2.75) is 33.4 Å². The van der Waals surface area contributed by atoms with E-state index < -0.39 is 0 Å². The van der Waals surface area contributed by atoms with Gasteiger partial charge in [0.15, 0.2) is 18.1 Å². The average molecular weight is 281 g/mol. The molecule has 0 atom stereocenters. The molecule has 0 amide bonds. The van der Waals surface area contributed by atoms with Crippen molar-refractivity contribution in [2.75, 3.05) is 20.3 Å². The number of benzene rings is 1. The summed E-state index contributed by atoms with van der Waals surface area (Å²) in [4.78, 5) is 11.4. The van der Waals surface area contributed by atoms with Crippen molar-refractivity contribution in [3.05, 3.63) is 23.8 Å². The Balaban J connectivity index is 2.80. The normalized spacial score (nSPS) is 10.4. The molecule has 0 fully saturated rings. The molecule has 1 aromatic carbocycles. The van der Waals surface area contributed by atoms with Gasteiger partial charge in [-0.1, -0.05) is 26.0 Å². The molecule has 1 rings (SSSR count). The second kappa shape index (κ2) is 8.43. The van der Waals surface area contributed by atoms with Crippen LogP contribution in [0.5, 0.6) is 11.5 Å². The van der Waals surface area contributed by atoms with Crippen LogP contribution < -0.4 is 14.8 Å². The summed E-state index contributed by atoms with van der Waals surface area (Å²) in [6.45, 7) is 6.77. The molecule has 0 bridgehead atoms. The summed E-state index contributed by atoms with van der Waals surface area (Å²) in [5.74, 6) is 0.801. The maximum absolute atomic E-state index is 11.4. The number of esters is 1. The molecule has 0 aliphatic carbocycles. The van der Waals surface area contributed by atoms with Crippen LogP contribution in [0.1, 0.15) is 26.3 Å². The highest BCUT2D eigenvalue weighted by atomic mass is 16.6. The van der Waals surface area contributed by atoms with Gasteiger partial charge in [-0.15, -0.1) is 0 Å². The Morgan fingerprint density at radius 1 is 1.35 bits per heavy atom. The third-order valence-electron chi connectivity index (χ3n) is 2.62. The predicted octanol–water partition coefficient (Wildman–Crippen LogP) is 2.14. The minimum Gasteiger partial charge on any atom is -0.493 e. The Kier molecular flexibility index (Phi) is 6.87. The molecular formula is C15H23NO4. The molecule has 1 aromatic rings. The minimum absolute atomic E-state index is 0.122. The SMILES string of the molecule is CCOC(=O)COc1c(CNC(C)C)cccc1OC. The van der Waals surface area contributed by atoms with Crippen LogP contribution in [-0.4, -0.2) is 32.3 Å². The summed E-state index contributed by atoms with van der Waals surface area (Å²) in [5.41, 5.74) is 0.947. The van der Waals surface area contributed by atoms with Gasteiger partial charge >= 0.3 is 5.97 Å². The van der Waals surface area contributed by atoms with E-state index in [2.05, 4.69) is 19.2 Å². The van der Waals surface area contributed by atoms with E-state index in [4.69, 9.17) is 14.2 Å². The second-order valence-electron chi connectivity index (χ2n) is 4.58. The maximum Gasteiger partial charge on any atom is 0.344 e. The van der Waals surface area contributed by atoms with Gasteiger partial charge in [0.05, 0.1) is 13.7 Å². The first-order chi connectivity index (χ1) is 9.58. The minimum atomic E-state index is -0.388. The number of carbonyl (C=O) groups excluding carboxylic acids is 1. The van der Waals surface area contributed by atoms with E-state index in [0.29, 0.717) is 30.7 Å². The van der Waals surface area contributed by atoms with Crippen LogP contribution in [0.25, 0.3) is 0 Å². The summed E-state index contributed by atoms with van der Waals surface area (Å²) >= 11 is 0. The zero-order valence-corrected chi connectivity index (χ0v) is 12.6. The quantitative estimate of drug-likeness (QED) is 0.740. The molecule has 0 radical (unpaired) electrons. The van der Waals surface area contributed by atoms with Gasteiger partial charge in [-0.05, 0) is 13.0 Å². The fourth-order valence-electron chi connectivity index (χ4n) is 1.67. The zero-order valence-electron chi connectivity index (χ0n) is 12.6. The first-order valence-corrected chi connectivity index (χ1v) is 6.76. The van der Waals surface area contributed by atoms with E-state index in [9.17, 15) is 4.79 Å². The van der Waals surface area contributed by atoms with Crippen LogP contribution in [0.15, 0.2) is 18.2 Å². The van der Waals surface area contributed by atoms with Crippen molar-refractivity contribution in [3.63, 3.8) is 0 Å². The largest absolute Gasteiger partial charge is 0.493 e. The number of rotatable bonds is 8. The molecule has 0 saturated carbocycles. The summed E-state index contributed by atoms with van der Waals surface area (Å²) in [6, 6.07) is 6.00. The van der Waals surface area contributed by atoms with E-state index in [0.717, 1.165) is 5.56 Å². The first-order valence-electron chi connectivity index (χ1n) is 6.76. The Morgan fingerprint density at radius 3 is 2.70 bits per heavy atom. The monoisotopic (exact) mass is 281 g/mol. The van der Waals surface area contributed by atoms with Crippen molar-refractivity contribution in [1.82, 2.24) is 5.32 Å². The van der Waals surface area contributed by atoms with Crippen LogP contribution in [-0.2, 0) is 16.1 Å². The van der Waals surface area contributed by atoms with Gasteiger partial charge in [-0.25, -0.2) is 4.79 Å². The number of carbonyl (C=O) groups is 1. The highest BCUT2D eigenvalue weighted by Gasteiger charge is 2.13. The van der Waals surface area contributed by atoms with Gasteiger partial charge in [-0.2, -0.15) is 0 Å². The number of para-hydroxylation sites is 1. The molecule has 0 saturated heterocycles. The highest BCUT2D eigenvalue weighted by Crippen LogP contribution is 2.31. The molecular weight excluding hydrogens is 258 g/mol. The third kappa shape index (κ3) is 5.09. The molecule has 0 spiro atoms. The Hall–Kier alpha value is -1.75. The Morgan fingerprint density at radius 2 is 2.10 bits per heavy atom. The summed E-state index contributed by atoms with van der Waals surface area (Å²) < 4.78 is 15.7. The lowest BCUT2D eigenvalue weighted by Gasteiger charge is -2.16. The van der Waals surface area contributed by atoms with Crippen molar-refractivity contribution in [2.24, 2.45) is 0 Å². The number of methoxy groups -OCH3 is 1. The smallest absolute Gasteiger partial charge is 0.344 e. The highest BCUT2D eigenvalue weighted by molar-refractivity contribution is 5.71. The number of hydrogen-bond donors (Lipinski definition) is 1. The second-order valence-corrected chi connectivity index (χ2v) is 4.58. The molecule has 112 valence electrons. The van der Waals surface area contributed by atoms with E-state index in [1.807, 2.05) is 12.1 Å². The van der Waals surface area contributed by atoms with Crippen LogP contribution in [0.4, 0.5) is 0 Å². The molecule has 5 heteroatoms. The summed E-state index contributed by atoms with van der Waals surface area (Å²) in [7, 11) is 1.58. The van der Waals surface area contributed by atoms with Crippen molar-refractivity contribution in [1.29, 1.82) is 0 Å². The summed E-state index contributed by atoms with van der Waals surface area (Å²) in [6.07, 6.45) is 0. The van der Waals surface area contributed by atoms with Crippen LogP contribution in [0.3, 0.4) is 0 Å². The van der Waals surface area contributed by atoms with E-state index >= 15 is 0 Å². The third-order valence-corrected chi connectivity index (χ3v) is 2.62. The van der Waals surface area contributed by atoms with Crippen molar-refractivity contribution in [3.8, 4) is 11.5 Å². The molecule has 0 aromatic heterocycles. The van der Waals surface area contributed by atoms with Crippen molar-refractivity contribution < 1.29 is 19.0 Å². The number of ether oxygens (including phenoxy) is 3. The lowest BCUT2D eigenvalue weighted by Crippen LogP contribution is -2.23. The standard InChI is InChI=1S/C15H23NO4/c1-5-19-14(17)10-20-15-12(9-16-11(2)3)7-6-8-13(15)18-4/h6-8,11,16H,5,9-10H2,1-4H3. The van der Waals surface area contributed by atoms with Crippen LogP contribution in [0.2, 0.25) is 0 Å². The van der Waals surface area contributed by atoms with Crippen LogP contribution in [0, 0.1) is 0 Å². The maximum atomic E-state index is 11.4. The molecule has 0 unspecified atom stereocenters. The topological polar surface area (TPSA) is 56.8 Å². The Bertz CT molecular complexity index is 432. The fraction of sp³-hybridized carbons (Fsp3) is 0.533. The Labute approximate surface area is 120 Å². The molecule has 20 heavy (non-hydrogen) atoms. The fourth-order valence-corrected chi connectivity index (χ4v) is 1.67. The zero-order chi connectivity index (χ0) is 15.0. The van der Waals surface area contributed by atoms with Gasteiger partial charge in [-0.3, -0.25) is 0 Å². The number of nitrogens with one attached hydrogen (secondary N) is 1. The van der Waals surface area contributed by atoms with Crippen LogP contribution >= 0.6 is 0 Å². The van der Waals surface area contributed by atoms with Gasteiger partial charge in [0.25, 0.3) is 0 Å². The molecule has 0 heterocycles. The average Bonchev–Trinajstić information content (AvgIpc) is 2.43. The van der Waals surface area contributed by atoms with Gasteiger partial charge in [0, 0.05) is 18.2 Å². The molecule has 0 aliphatic heterocycles. The predicted molar refractivity (Wildman–Crippen MR) is 77.1 cm³/mol. The van der Waals surface area contributed by atoms with Crippen molar-refractivity contribution >= 4 is 5.97 Å². The van der Waals surface area contributed by atoms with Gasteiger partial charge in [0.2, 0.25) is 0 Å². The molecule has 0 aliphatic rings. The summed E-state index contributed by atoms with van der Waals surface area (Å²) in [5, 5.41) is 3.31. The lowest BCUT2D eigenvalue weighted by molar-refractivity contribution is -0.145. The number of hydrogen-bond acceptors (Lipinski definition) is 5. The first kappa shape index (κ1) is 16.3. The molecule has 1 N–H and O–H groups in total. The van der Waals surface area contributed by atoms with Gasteiger partial charge in [0.1, 0.15) is 0 Å². The van der Waals surface area contributed by atoms with E-state index in [-0.39, 0.29) is 12.6 Å². The lowest BCUT2D eigenvalue weighted by atomic mass is 10.1.